The molecule has 0 spiro atoms. The average molecular weight is 308 g/mol. The second-order valence-electron chi connectivity index (χ2n) is 5.09. The molecule has 0 bridgehead atoms. The number of aryl methyl sites for hydroxylation is 1. The van der Waals surface area contributed by atoms with E-state index in [-0.39, 0.29) is 5.56 Å². The summed E-state index contributed by atoms with van der Waals surface area (Å²) in [6.45, 7) is 1.70. The fraction of sp³-hybridized carbons (Fsp3) is 0.111. The number of benzene rings is 2. The Balaban J connectivity index is 2.24. The summed E-state index contributed by atoms with van der Waals surface area (Å²) in [7, 11) is 1.60. The predicted molar refractivity (Wildman–Crippen MR) is 87.2 cm³/mol. The highest BCUT2D eigenvalue weighted by molar-refractivity contribution is 5.96. The largest absolute Gasteiger partial charge is 0.497 e. The van der Waals surface area contributed by atoms with E-state index in [9.17, 15) is 9.90 Å². The van der Waals surface area contributed by atoms with Gasteiger partial charge in [-0.25, -0.2) is 9.48 Å². The lowest BCUT2D eigenvalue weighted by Crippen LogP contribution is -2.03. The molecule has 0 saturated carbocycles. The van der Waals surface area contributed by atoms with Crippen molar-refractivity contribution in [2.45, 2.75) is 6.92 Å². The molecule has 3 rings (SSSR count). The molecule has 2 aromatic carbocycles. The Hall–Kier alpha value is -3.08. The van der Waals surface area contributed by atoms with Gasteiger partial charge in [-0.3, -0.25) is 0 Å². The second kappa shape index (κ2) is 5.96. The van der Waals surface area contributed by atoms with Crippen molar-refractivity contribution in [2.24, 2.45) is 0 Å². The van der Waals surface area contributed by atoms with E-state index in [0.717, 1.165) is 17.0 Å². The lowest BCUT2D eigenvalue weighted by Gasteiger charge is -2.09. The zero-order chi connectivity index (χ0) is 16.4. The number of carboxylic acid groups (broad SMARTS) is 1. The number of hydrogen-bond donors (Lipinski definition) is 1. The van der Waals surface area contributed by atoms with Gasteiger partial charge in [-0.05, 0) is 31.2 Å². The van der Waals surface area contributed by atoms with Gasteiger partial charge < -0.3 is 9.84 Å². The minimum atomic E-state index is -0.985. The molecule has 3 aromatic rings. The molecule has 0 radical (unpaired) electrons. The fourth-order valence-corrected chi connectivity index (χ4v) is 2.56. The maximum Gasteiger partial charge on any atom is 0.339 e. The van der Waals surface area contributed by atoms with E-state index in [1.165, 1.54) is 0 Å². The van der Waals surface area contributed by atoms with Crippen molar-refractivity contribution >= 4 is 5.97 Å². The van der Waals surface area contributed by atoms with Gasteiger partial charge in [0.05, 0.1) is 24.2 Å². The summed E-state index contributed by atoms with van der Waals surface area (Å²) in [6.07, 6.45) is 0. The molecule has 0 aliphatic heterocycles. The first-order chi connectivity index (χ1) is 11.1. The second-order valence-corrected chi connectivity index (χ2v) is 5.09. The molecule has 1 N–H and O–H groups in total. The van der Waals surface area contributed by atoms with E-state index in [1.807, 2.05) is 54.6 Å². The minimum Gasteiger partial charge on any atom is -0.497 e. The van der Waals surface area contributed by atoms with Gasteiger partial charge in [0, 0.05) is 5.56 Å². The van der Waals surface area contributed by atoms with Gasteiger partial charge in [-0.2, -0.15) is 5.10 Å². The summed E-state index contributed by atoms with van der Waals surface area (Å²) in [6, 6.07) is 16.7. The van der Waals surface area contributed by atoms with Gasteiger partial charge in [-0.1, -0.05) is 30.3 Å². The molecule has 5 nitrogen and oxygen atoms in total. The molecule has 0 atom stereocenters. The number of carboxylic acids is 1. The third-order valence-corrected chi connectivity index (χ3v) is 3.64. The van der Waals surface area contributed by atoms with Crippen molar-refractivity contribution in [1.82, 2.24) is 9.78 Å². The Morgan fingerprint density at radius 2 is 1.74 bits per heavy atom. The van der Waals surface area contributed by atoms with Crippen LogP contribution in [0.5, 0.6) is 5.75 Å². The van der Waals surface area contributed by atoms with Crippen LogP contribution >= 0.6 is 0 Å². The number of hydrogen-bond acceptors (Lipinski definition) is 3. The number of methoxy groups -OCH3 is 1. The molecule has 0 saturated heterocycles. The number of ether oxygens (including phenoxy) is 1. The van der Waals surface area contributed by atoms with Crippen molar-refractivity contribution in [3.63, 3.8) is 0 Å². The molecule has 23 heavy (non-hydrogen) atoms. The van der Waals surface area contributed by atoms with Crippen LogP contribution in [0.1, 0.15) is 16.1 Å². The molecule has 1 heterocycles. The normalized spacial score (nSPS) is 10.5. The Labute approximate surface area is 133 Å². The summed E-state index contributed by atoms with van der Waals surface area (Å²) < 4.78 is 6.82. The first-order valence-corrected chi connectivity index (χ1v) is 7.14. The van der Waals surface area contributed by atoms with E-state index >= 15 is 0 Å². The summed E-state index contributed by atoms with van der Waals surface area (Å²) in [4.78, 5) is 11.7. The summed E-state index contributed by atoms with van der Waals surface area (Å²) in [5.74, 6) is -0.251. The number of aromatic carboxylic acids is 1. The van der Waals surface area contributed by atoms with Crippen LogP contribution in [-0.4, -0.2) is 28.0 Å². The van der Waals surface area contributed by atoms with E-state index in [0.29, 0.717) is 11.4 Å². The van der Waals surface area contributed by atoms with Gasteiger partial charge >= 0.3 is 5.97 Å². The predicted octanol–water partition coefficient (Wildman–Crippen LogP) is 3.55. The summed E-state index contributed by atoms with van der Waals surface area (Å²) in [5, 5.41) is 14.0. The highest BCUT2D eigenvalue weighted by Crippen LogP contribution is 2.29. The molecule has 5 heteroatoms. The molecule has 0 amide bonds. The summed E-state index contributed by atoms with van der Waals surface area (Å²) in [5.41, 5.74) is 2.85. The SMILES string of the molecule is COc1ccc(-n2nc(C)c(C(=O)O)c2-c2ccccc2)cc1. The smallest absolute Gasteiger partial charge is 0.339 e. The first-order valence-electron chi connectivity index (χ1n) is 7.14. The molecule has 0 fully saturated rings. The zero-order valence-corrected chi connectivity index (χ0v) is 12.9. The van der Waals surface area contributed by atoms with Gasteiger partial charge in [0.1, 0.15) is 11.3 Å². The highest BCUT2D eigenvalue weighted by atomic mass is 16.5. The van der Waals surface area contributed by atoms with Crippen LogP contribution in [0.3, 0.4) is 0 Å². The van der Waals surface area contributed by atoms with E-state index in [1.54, 1.807) is 18.7 Å². The Morgan fingerprint density at radius 3 is 2.30 bits per heavy atom. The lowest BCUT2D eigenvalue weighted by molar-refractivity contribution is 0.0697. The van der Waals surface area contributed by atoms with Crippen LogP contribution in [0, 0.1) is 6.92 Å². The third kappa shape index (κ3) is 2.68. The third-order valence-electron chi connectivity index (χ3n) is 3.64. The van der Waals surface area contributed by atoms with Crippen LogP contribution in [0.25, 0.3) is 16.9 Å². The molecule has 0 unspecified atom stereocenters. The number of nitrogens with zero attached hydrogens (tertiary/aromatic N) is 2. The minimum absolute atomic E-state index is 0.215. The van der Waals surface area contributed by atoms with Gasteiger partial charge in [-0.15, -0.1) is 0 Å². The molecule has 1 aromatic heterocycles. The Bertz CT molecular complexity index is 837. The van der Waals surface area contributed by atoms with Crippen molar-refractivity contribution in [3.8, 4) is 22.7 Å². The van der Waals surface area contributed by atoms with Crippen molar-refractivity contribution in [3.05, 3.63) is 65.9 Å². The van der Waals surface area contributed by atoms with E-state index < -0.39 is 5.97 Å². The van der Waals surface area contributed by atoms with Gasteiger partial charge in [0.15, 0.2) is 0 Å². The van der Waals surface area contributed by atoms with Gasteiger partial charge in [0.2, 0.25) is 0 Å². The zero-order valence-electron chi connectivity index (χ0n) is 12.9. The van der Waals surface area contributed by atoms with Crippen LogP contribution in [-0.2, 0) is 0 Å². The van der Waals surface area contributed by atoms with Crippen LogP contribution < -0.4 is 4.74 Å². The Morgan fingerprint density at radius 1 is 1.09 bits per heavy atom. The number of carbonyl (C=O) groups is 1. The molecular formula is C18H16N2O3. The van der Waals surface area contributed by atoms with Gasteiger partial charge in [0.25, 0.3) is 0 Å². The topological polar surface area (TPSA) is 64.4 Å². The van der Waals surface area contributed by atoms with Crippen LogP contribution in [0.4, 0.5) is 0 Å². The lowest BCUT2D eigenvalue weighted by atomic mass is 10.1. The molecule has 0 aliphatic rings. The Kier molecular flexibility index (Phi) is 3.85. The van der Waals surface area contributed by atoms with E-state index in [2.05, 4.69) is 5.10 Å². The maximum atomic E-state index is 11.7. The fourth-order valence-electron chi connectivity index (χ4n) is 2.56. The molecule has 0 aliphatic carbocycles. The first kappa shape index (κ1) is 14.8. The van der Waals surface area contributed by atoms with Crippen molar-refractivity contribution in [2.75, 3.05) is 7.11 Å². The molecular weight excluding hydrogens is 292 g/mol. The molecule has 116 valence electrons. The summed E-state index contributed by atoms with van der Waals surface area (Å²) >= 11 is 0. The van der Waals surface area contributed by atoms with Crippen LogP contribution in [0.2, 0.25) is 0 Å². The van der Waals surface area contributed by atoms with E-state index in [4.69, 9.17) is 4.74 Å². The highest BCUT2D eigenvalue weighted by Gasteiger charge is 2.23. The monoisotopic (exact) mass is 308 g/mol. The quantitative estimate of drug-likeness (QED) is 0.800. The average Bonchev–Trinajstić information content (AvgIpc) is 2.93. The number of aromatic nitrogens is 2. The van der Waals surface area contributed by atoms with Crippen molar-refractivity contribution in [1.29, 1.82) is 0 Å². The van der Waals surface area contributed by atoms with Crippen molar-refractivity contribution < 1.29 is 14.6 Å². The maximum absolute atomic E-state index is 11.7. The standard InChI is InChI=1S/C18H16N2O3/c1-12-16(18(21)22)17(13-6-4-3-5-7-13)20(19-12)14-8-10-15(23-2)11-9-14/h3-11H,1-2H3,(H,21,22). The van der Waals surface area contributed by atoms with Crippen LogP contribution in [0.15, 0.2) is 54.6 Å². The number of rotatable bonds is 4.